The first-order valence-electron chi connectivity index (χ1n) is 8.59. The van der Waals surface area contributed by atoms with Crippen molar-refractivity contribution in [3.05, 3.63) is 36.0 Å². The normalized spacial score (nSPS) is 18.6. The highest BCUT2D eigenvalue weighted by Gasteiger charge is 2.21. The average Bonchev–Trinajstić information content (AvgIpc) is 3.10. The summed E-state index contributed by atoms with van der Waals surface area (Å²) < 4.78 is 5.01. The maximum Gasteiger partial charge on any atom is 0.148 e. The molecule has 0 amide bonds. The van der Waals surface area contributed by atoms with Gasteiger partial charge in [-0.3, -0.25) is 4.90 Å². The second kappa shape index (κ2) is 8.75. The predicted octanol–water partition coefficient (Wildman–Crippen LogP) is 1.71. The number of methoxy groups -OCH3 is 1. The fraction of sp³-hybridized carbons (Fsp3) is 0.588. The smallest absolute Gasteiger partial charge is 0.148 e. The highest BCUT2D eigenvalue weighted by atomic mass is 16.5. The van der Waals surface area contributed by atoms with Gasteiger partial charge in [0.2, 0.25) is 0 Å². The van der Waals surface area contributed by atoms with Crippen molar-refractivity contribution in [1.82, 2.24) is 25.1 Å². The fourth-order valence-corrected chi connectivity index (χ4v) is 3.20. The predicted molar refractivity (Wildman–Crippen MR) is 92.7 cm³/mol. The molecule has 7 nitrogen and oxygen atoms in total. The van der Waals surface area contributed by atoms with Crippen molar-refractivity contribution < 1.29 is 4.74 Å². The Bertz CT molecular complexity index is 586. The van der Waals surface area contributed by atoms with Gasteiger partial charge in [-0.1, -0.05) is 0 Å². The second-order valence-corrected chi connectivity index (χ2v) is 6.31. The number of aromatic nitrogens is 4. The van der Waals surface area contributed by atoms with Crippen molar-refractivity contribution in [2.75, 3.05) is 38.7 Å². The maximum atomic E-state index is 5.01. The van der Waals surface area contributed by atoms with E-state index in [0.717, 1.165) is 49.9 Å². The lowest BCUT2D eigenvalue weighted by Gasteiger charge is -2.31. The number of H-pyrrole nitrogens is 1. The Kier molecular flexibility index (Phi) is 6.14. The van der Waals surface area contributed by atoms with Crippen LogP contribution in [0.2, 0.25) is 0 Å². The number of hydrogen-bond acceptors (Lipinski definition) is 6. The summed E-state index contributed by atoms with van der Waals surface area (Å²) in [7, 11) is 1.69. The zero-order valence-electron chi connectivity index (χ0n) is 14.2. The largest absolute Gasteiger partial charge is 0.383 e. The molecule has 3 rings (SSSR count). The number of nitrogens with one attached hydrogen (secondary N) is 2. The molecular formula is C17H26N6O. The lowest BCUT2D eigenvalue weighted by atomic mass is 9.93. The minimum absolute atomic E-state index is 0.635. The molecule has 130 valence electrons. The number of imidazole rings is 1. The van der Waals surface area contributed by atoms with Gasteiger partial charge in [-0.25, -0.2) is 4.98 Å². The van der Waals surface area contributed by atoms with Gasteiger partial charge in [-0.15, -0.1) is 5.10 Å². The molecule has 2 N–H and O–H groups in total. The van der Waals surface area contributed by atoms with Gasteiger partial charge in [0.1, 0.15) is 11.6 Å². The van der Waals surface area contributed by atoms with Crippen LogP contribution in [-0.4, -0.2) is 58.4 Å². The molecular weight excluding hydrogens is 304 g/mol. The van der Waals surface area contributed by atoms with Crippen molar-refractivity contribution in [1.29, 1.82) is 0 Å². The first-order chi connectivity index (χ1) is 11.8. The van der Waals surface area contributed by atoms with Gasteiger partial charge in [0.25, 0.3) is 0 Å². The molecule has 0 bridgehead atoms. The van der Waals surface area contributed by atoms with Crippen LogP contribution in [0.4, 0.5) is 5.82 Å². The number of piperidine rings is 1. The number of rotatable bonds is 8. The molecule has 0 radical (unpaired) electrons. The lowest BCUT2D eigenvalue weighted by molar-refractivity contribution is 0.163. The van der Waals surface area contributed by atoms with Gasteiger partial charge >= 0.3 is 0 Å². The number of nitrogens with zero attached hydrogens (tertiary/aromatic N) is 4. The van der Waals surface area contributed by atoms with Crippen molar-refractivity contribution >= 4 is 5.82 Å². The van der Waals surface area contributed by atoms with E-state index in [0.29, 0.717) is 12.5 Å². The molecule has 1 atom stereocenters. The molecule has 1 unspecified atom stereocenters. The third-order valence-corrected chi connectivity index (χ3v) is 4.36. The molecule has 3 heterocycles. The summed E-state index contributed by atoms with van der Waals surface area (Å²) in [6, 6.07) is 4.08. The Balaban J connectivity index is 1.48. The number of anilines is 1. The van der Waals surface area contributed by atoms with E-state index in [4.69, 9.17) is 4.74 Å². The van der Waals surface area contributed by atoms with Crippen LogP contribution in [0.1, 0.15) is 24.4 Å². The van der Waals surface area contributed by atoms with E-state index in [2.05, 4.69) is 36.4 Å². The monoisotopic (exact) mass is 330 g/mol. The first kappa shape index (κ1) is 16.9. The van der Waals surface area contributed by atoms with Crippen molar-refractivity contribution in [3.63, 3.8) is 0 Å². The second-order valence-electron chi connectivity index (χ2n) is 6.31. The quantitative estimate of drug-likeness (QED) is 0.718. The van der Waals surface area contributed by atoms with Gasteiger partial charge in [0.15, 0.2) is 0 Å². The minimum Gasteiger partial charge on any atom is -0.383 e. The number of ether oxygens (including phenoxy) is 1. The van der Waals surface area contributed by atoms with Gasteiger partial charge in [0, 0.05) is 32.6 Å². The van der Waals surface area contributed by atoms with E-state index >= 15 is 0 Å². The molecule has 2 aromatic heterocycles. The summed E-state index contributed by atoms with van der Waals surface area (Å²) >= 11 is 0. The fourth-order valence-electron chi connectivity index (χ4n) is 3.20. The summed E-state index contributed by atoms with van der Waals surface area (Å²) in [5.74, 6) is 2.48. The molecule has 24 heavy (non-hydrogen) atoms. The van der Waals surface area contributed by atoms with E-state index in [1.54, 1.807) is 7.11 Å². The summed E-state index contributed by atoms with van der Waals surface area (Å²) in [6.45, 7) is 4.55. The Morgan fingerprint density at radius 1 is 1.38 bits per heavy atom. The third-order valence-electron chi connectivity index (χ3n) is 4.36. The molecule has 2 aromatic rings. The van der Waals surface area contributed by atoms with E-state index in [-0.39, 0.29) is 0 Å². The molecule has 1 aliphatic heterocycles. The first-order valence-corrected chi connectivity index (χ1v) is 8.59. The molecule has 1 saturated heterocycles. The molecule has 0 aliphatic carbocycles. The molecule has 0 spiro atoms. The van der Waals surface area contributed by atoms with Crippen LogP contribution in [0.3, 0.4) is 0 Å². The van der Waals surface area contributed by atoms with Crippen LogP contribution >= 0.6 is 0 Å². The van der Waals surface area contributed by atoms with E-state index < -0.39 is 0 Å². The lowest BCUT2D eigenvalue weighted by Crippen LogP contribution is -2.36. The SMILES string of the molecule is COCCNc1ccc(CC2CCCN(Cc3ncc[nH]3)C2)nn1. The standard InChI is InChI=1S/C17H26N6O/c1-24-10-8-20-16-5-4-15(21-22-16)11-14-3-2-9-23(12-14)13-17-18-6-7-19-17/h4-7,14H,2-3,8-13H2,1H3,(H,18,19)(H,20,22). The summed E-state index contributed by atoms with van der Waals surface area (Å²) in [5, 5.41) is 11.8. The Morgan fingerprint density at radius 3 is 3.08 bits per heavy atom. The molecule has 0 aromatic carbocycles. The van der Waals surface area contributed by atoms with Crippen LogP contribution in [0.25, 0.3) is 0 Å². The molecule has 1 aliphatic rings. The minimum atomic E-state index is 0.635. The molecule has 7 heteroatoms. The van der Waals surface area contributed by atoms with Crippen LogP contribution in [0, 0.1) is 5.92 Å². The Hall–Kier alpha value is -1.99. The third kappa shape index (κ3) is 5.01. The van der Waals surface area contributed by atoms with Gasteiger partial charge < -0.3 is 15.0 Å². The summed E-state index contributed by atoms with van der Waals surface area (Å²) in [5.41, 5.74) is 1.07. The number of aromatic amines is 1. The van der Waals surface area contributed by atoms with Crippen LogP contribution < -0.4 is 5.32 Å². The summed E-state index contributed by atoms with van der Waals surface area (Å²) in [6.07, 6.45) is 7.17. The zero-order chi connectivity index (χ0) is 16.6. The topological polar surface area (TPSA) is 79.0 Å². The van der Waals surface area contributed by atoms with Crippen molar-refractivity contribution in [3.8, 4) is 0 Å². The van der Waals surface area contributed by atoms with E-state index in [1.165, 1.54) is 12.8 Å². The zero-order valence-corrected chi connectivity index (χ0v) is 14.2. The van der Waals surface area contributed by atoms with Gasteiger partial charge in [-0.05, 0) is 43.9 Å². The number of likely N-dealkylation sites (tertiary alicyclic amines) is 1. The molecule has 1 fully saturated rings. The highest BCUT2D eigenvalue weighted by molar-refractivity contribution is 5.32. The van der Waals surface area contributed by atoms with Crippen molar-refractivity contribution in [2.45, 2.75) is 25.8 Å². The highest BCUT2D eigenvalue weighted by Crippen LogP contribution is 2.21. The van der Waals surface area contributed by atoms with Crippen LogP contribution in [-0.2, 0) is 17.7 Å². The van der Waals surface area contributed by atoms with Crippen LogP contribution in [0.5, 0.6) is 0 Å². The average molecular weight is 330 g/mol. The maximum absolute atomic E-state index is 5.01. The Labute approximate surface area is 142 Å². The Morgan fingerprint density at radius 2 is 2.33 bits per heavy atom. The van der Waals surface area contributed by atoms with Crippen molar-refractivity contribution in [2.24, 2.45) is 5.92 Å². The van der Waals surface area contributed by atoms with Gasteiger partial charge in [-0.2, -0.15) is 5.10 Å². The number of hydrogen-bond donors (Lipinski definition) is 2. The van der Waals surface area contributed by atoms with E-state index in [9.17, 15) is 0 Å². The van der Waals surface area contributed by atoms with Crippen LogP contribution in [0.15, 0.2) is 24.5 Å². The van der Waals surface area contributed by atoms with E-state index in [1.807, 2.05) is 18.5 Å². The molecule has 0 saturated carbocycles. The summed E-state index contributed by atoms with van der Waals surface area (Å²) in [4.78, 5) is 9.98. The van der Waals surface area contributed by atoms with Gasteiger partial charge in [0.05, 0.1) is 18.8 Å².